The Hall–Kier alpha value is -3.87. The molecule has 13 heteroatoms. The topological polar surface area (TPSA) is 94.1 Å². The van der Waals surface area contributed by atoms with Crippen LogP contribution in [0.25, 0.3) is 11.0 Å². The maximum Gasteiger partial charge on any atom is 0.429 e. The van der Waals surface area contributed by atoms with E-state index < -0.39 is 50.5 Å². The fourth-order valence-corrected chi connectivity index (χ4v) is 4.01. The first-order valence-electron chi connectivity index (χ1n) is 9.42. The first-order valence-corrected chi connectivity index (χ1v) is 10.9. The van der Waals surface area contributed by atoms with Gasteiger partial charge in [-0.15, -0.1) is 0 Å². The zero-order chi connectivity index (χ0) is 24.5. The van der Waals surface area contributed by atoms with E-state index in [-0.39, 0.29) is 16.6 Å². The second kappa shape index (κ2) is 8.82. The van der Waals surface area contributed by atoms with Crippen LogP contribution in [-0.4, -0.2) is 29.5 Å². The molecule has 1 N–H and O–H groups in total. The van der Waals surface area contributed by atoms with Crippen LogP contribution in [0.15, 0.2) is 71.9 Å². The van der Waals surface area contributed by atoms with Gasteiger partial charge in [-0.05, 0) is 30.3 Å². The molecule has 1 atom stereocenters. The molecule has 34 heavy (non-hydrogen) atoms. The third-order valence-electron chi connectivity index (χ3n) is 4.43. The van der Waals surface area contributed by atoms with Crippen LogP contribution in [0.1, 0.15) is 11.7 Å². The van der Waals surface area contributed by atoms with Crippen molar-refractivity contribution in [3.05, 3.63) is 84.2 Å². The van der Waals surface area contributed by atoms with Gasteiger partial charge in [-0.25, -0.2) is 27.2 Å². The summed E-state index contributed by atoms with van der Waals surface area (Å²) >= 11 is 0. The van der Waals surface area contributed by atoms with E-state index in [1.807, 2.05) is 4.72 Å². The summed E-state index contributed by atoms with van der Waals surface area (Å²) in [6.07, 6.45) is -5.29. The normalized spacial score (nSPS) is 13.0. The number of pyridine rings is 1. The Labute approximate surface area is 189 Å². The predicted molar refractivity (Wildman–Crippen MR) is 110 cm³/mol. The largest absolute Gasteiger partial charge is 0.457 e. The maximum absolute atomic E-state index is 13.8. The minimum Gasteiger partial charge on any atom is -0.457 e. The number of anilines is 1. The average Bonchev–Trinajstić information content (AvgIpc) is 2.76. The number of halogens is 5. The number of hydrogen-bond donors (Lipinski definition) is 1. The standard InChI is InChI=1S/C21H13F5N4O3S/c22-13-8-14(23)10-15(9-13)34(31,32)30-19-20(29-17-6-2-1-5-16(17)28-19)33-18(21(24,25)26)12-4-3-7-27-11-12/h1-11,18H,(H,28,30). The summed E-state index contributed by atoms with van der Waals surface area (Å²) < 4.78 is 101. The van der Waals surface area contributed by atoms with Crippen LogP contribution in [0.3, 0.4) is 0 Å². The van der Waals surface area contributed by atoms with E-state index in [0.717, 1.165) is 12.3 Å². The summed E-state index contributed by atoms with van der Waals surface area (Å²) in [7, 11) is -4.69. The smallest absolute Gasteiger partial charge is 0.429 e. The number of alkyl halides is 3. The van der Waals surface area contributed by atoms with E-state index in [2.05, 4.69) is 15.0 Å². The minimum absolute atomic E-state index is 0.115. The molecular formula is C21H13F5N4O3S. The number of sulfonamides is 1. The average molecular weight is 496 g/mol. The molecular weight excluding hydrogens is 483 g/mol. The summed E-state index contributed by atoms with van der Waals surface area (Å²) in [6.45, 7) is 0. The first kappa shape index (κ1) is 23.3. The van der Waals surface area contributed by atoms with Crippen molar-refractivity contribution >= 4 is 26.9 Å². The molecule has 4 rings (SSSR count). The van der Waals surface area contributed by atoms with Gasteiger partial charge in [0.2, 0.25) is 11.9 Å². The fraction of sp³-hybridized carbons (Fsp3) is 0.0952. The Morgan fingerprint density at radius 1 is 0.912 bits per heavy atom. The number of para-hydroxylation sites is 2. The van der Waals surface area contributed by atoms with Gasteiger partial charge in [0.25, 0.3) is 15.9 Å². The van der Waals surface area contributed by atoms with Gasteiger partial charge in [0.15, 0.2) is 0 Å². The van der Waals surface area contributed by atoms with Crippen molar-refractivity contribution in [2.24, 2.45) is 0 Å². The zero-order valence-corrected chi connectivity index (χ0v) is 17.6. The third kappa shape index (κ3) is 5.03. The number of benzene rings is 2. The van der Waals surface area contributed by atoms with Crippen molar-refractivity contribution in [2.45, 2.75) is 17.2 Å². The molecule has 2 heterocycles. The van der Waals surface area contributed by atoms with Gasteiger partial charge in [0.1, 0.15) is 11.6 Å². The Balaban J connectivity index is 1.82. The molecule has 176 valence electrons. The molecule has 4 aromatic rings. The lowest BCUT2D eigenvalue weighted by Gasteiger charge is -2.22. The highest BCUT2D eigenvalue weighted by Crippen LogP contribution is 2.38. The van der Waals surface area contributed by atoms with Crippen LogP contribution in [0.5, 0.6) is 5.88 Å². The predicted octanol–water partition coefficient (Wildman–Crippen LogP) is 4.79. The molecule has 0 radical (unpaired) electrons. The van der Waals surface area contributed by atoms with Crippen LogP contribution in [0.2, 0.25) is 0 Å². The van der Waals surface area contributed by atoms with E-state index in [1.165, 1.54) is 24.4 Å². The molecule has 0 spiro atoms. The van der Waals surface area contributed by atoms with Crippen molar-refractivity contribution < 1.29 is 35.1 Å². The maximum atomic E-state index is 13.8. The molecule has 0 fully saturated rings. The van der Waals surface area contributed by atoms with Gasteiger partial charge in [0.05, 0.1) is 15.9 Å². The molecule has 1 unspecified atom stereocenters. The molecule has 2 aromatic heterocycles. The quantitative estimate of drug-likeness (QED) is 0.386. The summed E-state index contributed by atoms with van der Waals surface area (Å²) in [5.74, 6) is -3.85. The summed E-state index contributed by atoms with van der Waals surface area (Å²) in [6, 6.07) is 9.89. The van der Waals surface area contributed by atoms with Crippen molar-refractivity contribution in [1.82, 2.24) is 15.0 Å². The lowest BCUT2D eigenvalue weighted by atomic mass is 10.1. The molecule has 0 bridgehead atoms. The highest BCUT2D eigenvalue weighted by molar-refractivity contribution is 7.92. The third-order valence-corrected chi connectivity index (χ3v) is 5.75. The Bertz CT molecular complexity index is 1430. The number of rotatable bonds is 6. The molecule has 0 aliphatic rings. The summed E-state index contributed by atoms with van der Waals surface area (Å²) in [5.41, 5.74) is -0.127. The van der Waals surface area contributed by atoms with Gasteiger partial charge in [-0.1, -0.05) is 18.2 Å². The van der Waals surface area contributed by atoms with Crippen molar-refractivity contribution in [1.29, 1.82) is 0 Å². The second-order valence-electron chi connectivity index (χ2n) is 6.90. The van der Waals surface area contributed by atoms with E-state index in [4.69, 9.17) is 4.74 Å². The van der Waals surface area contributed by atoms with Crippen LogP contribution < -0.4 is 9.46 Å². The fourth-order valence-electron chi connectivity index (χ4n) is 2.97. The van der Waals surface area contributed by atoms with E-state index in [1.54, 1.807) is 12.1 Å². The molecule has 0 aliphatic heterocycles. The van der Waals surface area contributed by atoms with Gasteiger partial charge in [0, 0.05) is 24.0 Å². The number of fused-ring (bicyclic) bond motifs is 1. The van der Waals surface area contributed by atoms with Crippen molar-refractivity contribution in [3.63, 3.8) is 0 Å². The number of aromatic nitrogens is 3. The molecule has 0 aliphatic carbocycles. The lowest BCUT2D eigenvalue weighted by molar-refractivity contribution is -0.198. The molecule has 0 saturated carbocycles. The Kier molecular flexibility index (Phi) is 6.04. The van der Waals surface area contributed by atoms with E-state index >= 15 is 0 Å². The van der Waals surface area contributed by atoms with Gasteiger partial charge in [-0.3, -0.25) is 9.71 Å². The van der Waals surface area contributed by atoms with Crippen LogP contribution in [0.4, 0.5) is 27.8 Å². The number of nitrogens with one attached hydrogen (secondary N) is 1. The first-order chi connectivity index (χ1) is 16.0. The lowest BCUT2D eigenvalue weighted by Crippen LogP contribution is -2.27. The van der Waals surface area contributed by atoms with Gasteiger partial charge < -0.3 is 4.74 Å². The molecule has 2 aromatic carbocycles. The minimum atomic E-state index is -4.93. The number of hydrogen-bond acceptors (Lipinski definition) is 6. The van der Waals surface area contributed by atoms with Crippen molar-refractivity contribution in [3.8, 4) is 5.88 Å². The SMILES string of the molecule is O=S(=O)(Nc1nc2ccccc2nc1OC(c1cccnc1)C(F)(F)F)c1cc(F)cc(F)c1. The zero-order valence-electron chi connectivity index (χ0n) is 16.8. The van der Waals surface area contributed by atoms with E-state index in [9.17, 15) is 30.4 Å². The van der Waals surface area contributed by atoms with Crippen LogP contribution in [-0.2, 0) is 10.0 Å². The van der Waals surface area contributed by atoms with Crippen LogP contribution in [0, 0.1) is 11.6 Å². The Morgan fingerprint density at radius 2 is 1.56 bits per heavy atom. The van der Waals surface area contributed by atoms with Crippen LogP contribution >= 0.6 is 0 Å². The summed E-state index contributed by atoms with van der Waals surface area (Å²) in [4.78, 5) is 10.8. The second-order valence-corrected chi connectivity index (χ2v) is 8.58. The molecule has 7 nitrogen and oxygen atoms in total. The number of ether oxygens (including phenoxy) is 1. The van der Waals surface area contributed by atoms with E-state index in [0.29, 0.717) is 18.2 Å². The van der Waals surface area contributed by atoms with Crippen molar-refractivity contribution in [2.75, 3.05) is 4.72 Å². The van der Waals surface area contributed by atoms with Gasteiger partial charge in [-0.2, -0.15) is 13.2 Å². The highest BCUT2D eigenvalue weighted by Gasteiger charge is 2.44. The summed E-state index contributed by atoms with van der Waals surface area (Å²) in [5, 5.41) is 0. The van der Waals surface area contributed by atoms with Gasteiger partial charge >= 0.3 is 6.18 Å². The molecule has 0 saturated heterocycles. The monoisotopic (exact) mass is 496 g/mol. The number of nitrogens with zero attached hydrogens (tertiary/aromatic N) is 3. The molecule has 0 amide bonds. The Morgan fingerprint density at radius 3 is 2.15 bits per heavy atom. The highest BCUT2D eigenvalue weighted by atomic mass is 32.2.